The summed E-state index contributed by atoms with van der Waals surface area (Å²) in [7, 11) is 0. The van der Waals surface area contributed by atoms with E-state index in [-0.39, 0.29) is 24.4 Å². The average molecular weight is 130 g/mol. The lowest BCUT2D eigenvalue weighted by atomic mass is 10.7. The first-order valence-electron chi connectivity index (χ1n) is 1.32. The van der Waals surface area contributed by atoms with Crippen molar-refractivity contribution < 1.29 is 5.11 Å². The fraction of sp³-hybridized carbons (Fsp3) is 1.00. The van der Waals surface area contributed by atoms with Crippen LogP contribution in [0, 0.1) is 0 Å². The van der Waals surface area contributed by atoms with Crippen LogP contribution in [0.3, 0.4) is 0 Å². The van der Waals surface area contributed by atoms with Crippen LogP contribution in [0.5, 0.6) is 0 Å². The molecule has 0 saturated carbocycles. The molecule has 0 saturated heterocycles. The van der Waals surface area contributed by atoms with Gasteiger partial charge < -0.3 is 10.8 Å². The molecule has 0 fully saturated rings. The van der Waals surface area contributed by atoms with Crippen LogP contribution in [0.2, 0.25) is 0 Å². The molecule has 0 radical (unpaired) electrons. The Hall–Kier alpha value is 0.560. The first-order chi connectivity index (χ1) is 2.27. The number of thiol groups is 1. The molecular formula is C2H8ClNOS. The summed E-state index contributed by atoms with van der Waals surface area (Å²) in [5.74, 6) is 0. The molecule has 0 aromatic carbocycles. The Morgan fingerprint density at radius 2 is 2.00 bits per heavy atom. The van der Waals surface area contributed by atoms with Crippen molar-refractivity contribution in [3.63, 3.8) is 0 Å². The maximum Gasteiger partial charge on any atom is 0.0712 e. The van der Waals surface area contributed by atoms with Crippen LogP contribution in [0.15, 0.2) is 0 Å². The molecule has 1 atom stereocenters. The van der Waals surface area contributed by atoms with Crippen molar-refractivity contribution in [2.24, 2.45) is 5.73 Å². The summed E-state index contributed by atoms with van der Waals surface area (Å²) in [6.07, 6.45) is 0. The van der Waals surface area contributed by atoms with Gasteiger partial charge in [-0.25, -0.2) is 0 Å². The molecular weight excluding hydrogens is 122 g/mol. The summed E-state index contributed by atoms with van der Waals surface area (Å²) in [4.78, 5) is 0. The molecule has 0 bridgehead atoms. The first kappa shape index (κ1) is 9.75. The van der Waals surface area contributed by atoms with Crippen LogP contribution in [0.1, 0.15) is 0 Å². The smallest absolute Gasteiger partial charge is 0.0712 e. The van der Waals surface area contributed by atoms with Crippen LogP contribution < -0.4 is 5.73 Å². The molecule has 4 heteroatoms. The molecule has 0 rings (SSSR count). The van der Waals surface area contributed by atoms with Gasteiger partial charge >= 0.3 is 0 Å². The van der Waals surface area contributed by atoms with E-state index in [1.54, 1.807) is 0 Å². The Labute approximate surface area is 48.5 Å². The maximum absolute atomic E-state index is 7.94. The molecule has 40 valence electrons. The Kier molecular flexibility index (Phi) is 9.04. The largest absolute Gasteiger partial charge is 0.394 e. The maximum atomic E-state index is 7.94. The molecule has 1 unspecified atom stereocenters. The number of rotatable bonds is 1. The summed E-state index contributed by atoms with van der Waals surface area (Å²) >= 11 is 3.63. The van der Waals surface area contributed by atoms with Gasteiger partial charge in [0.15, 0.2) is 0 Å². The predicted molar refractivity (Wildman–Crippen MR) is 31.3 cm³/mol. The Morgan fingerprint density at radius 3 is 2.00 bits per heavy atom. The van der Waals surface area contributed by atoms with Crippen LogP contribution >= 0.6 is 25.0 Å². The number of aliphatic hydroxyl groups is 1. The Morgan fingerprint density at radius 1 is 1.83 bits per heavy atom. The van der Waals surface area contributed by atoms with E-state index < -0.39 is 0 Å². The first-order valence-corrected chi connectivity index (χ1v) is 1.83. The van der Waals surface area contributed by atoms with Crippen LogP contribution in [-0.2, 0) is 0 Å². The van der Waals surface area contributed by atoms with E-state index in [0.717, 1.165) is 0 Å². The number of hydrogen-bond acceptors (Lipinski definition) is 3. The van der Waals surface area contributed by atoms with E-state index in [4.69, 9.17) is 10.8 Å². The third-order valence-corrected chi connectivity index (χ3v) is 0.350. The summed E-state index contributed by atoms with van der Waals surface area (Å²) in [6, 6.07) is 0. The molecule has 3 N–H and O–H groups in total. The van der Waals surface area contributed by atoms with Gasteiger partial charge in [0.2, 0.25) is 0 Å². The highest BCUT2D eigenvalue weighted by molar-refractivity contribution is 7.80. The van der Waals surface area contributed by atoms with Gasteiger partial charge in [0, 0.05) is 0 Å². The van der Waals surface area contributed by atoms with E-state index >= 15 is 0 Å². The number of nitrogens with two attached hydrogens (primary N) is 1. The molecule has 0 aliphatic carbocycles. The van der Waals surface area contributed by atoms with Gasteiger partial charge in [-0.05, 0) is 0 Å². The van der Waals surface area contributed by atoms with Crippen LogP contribution in [-0.4, -0.2) is 17.1 Å². The van der Waals surface area contributed by atoms with Gasteiger partial charge in [-0.1, -0.05) is 0 Å². The summed E-state index contributed by atoms with van der Waals surface area (Å²) in [6.45, 7) is -0.0525. The summed E-state index contributed by atoms with van der Waals surface area (Å²) in [5, 5.41) is 7.58. The van der Waals surface area contributed by atoms with Crippen molar-refractivity contribution in [3.05, 3.63) is 0 Å². The van der Waals surface area contributed by atoms with E-state index in [1.165, 1.54) is 0 Å². The van der Waals surface area contributed by atoms with Gasteiger partial charge in [-0.15, -0.1) is 12.4 Å². The Balaban J connectivity index is 0. The fourth-order valence-electron chi connectivity index (χ4n) is 0. The highest BCUT2D eigenvalue weighted by atomic mass is 35.5. The monoisotopic (exact) mass is 129 g/mol. The second-order valence-electron chi connectivity index (χ2n) is 0.750. The SMILES string of the molecule is Cl.NC(S)CO. The normalized spacial score (nSPS) is 12.5. The molecule has 0 amide bonds. The van der Waals surface area contributed by atoms with E-state index in [1.807, 2.05) is 0 Å². The second-order valence-corrected chi connectivity index (χ2v) is 1.41. The molecule has 0 aliphatic heterocycles. The highest BCUT2D eigenvalue weighted by Crippen LogP contribution is 1.75. The lowest BCUT2D eigenvalue weighted by molar-refractivity contribution is 0.297. The summed E-state index contributed by atoms with van der Waals surface area (Å²) in [5.41, 5.74) is 4.91. The van der Waals surface area contributed by atoms with E-state index in [2.05, 4.69) is 12.6 Å². The van der Waals surface area contributed by atoms with Gasteiger partial charge in [0.1, 0.15) is 0 Å². The van der Waals surface area contributed by atoms with Crippen molar-refractivity contribution in [2.45, 2.75) is 5.37 Å². The lowest BCUT2D eigenvalue weighted by Gasteiger charge is -1.90. The molecule has 0 aromatic rings. The second kappa shape index (κ2) is 5.56. The van der Waals surface area contributed by atoms with Crippen molar-refractivity contribution in [1.82, 2.24) is 0 Å². The Bertz CT molecular complexity index is 27.5. The molecule has 0 spiro atoms. The molecule has 0 heterocycles. The van der Waals surface area contributed by atoms with Gasteiger partial charge in [-0.2, -0.15) is 12.6 Å². The topological polar surface area (TPSA) is 46.2 Å². The van der Waals surface area contributed by atoms with Crippen molar-refractivity contribution in [3.8, 4) is 0 Å². The van der Waals surface area contributed by atoms with Gasteiger partial charge in [0.25, 0.3) is 0 Å². The zero-order valence-electron chi connectivity index (χ0n) is 3.16. The lowest BCUT2D eigenvalue weighted by Crippen LogP contribution is -2.15. The number of halogens is 1. The zero-order chi connectivity index (χ0) is 4.28. The molecule has 0 aromatic heterocycles. The standard InChI is InChI=1S/C2H7NOS.ClH/c3-2(5)1-4;/h2,4-5H,1,3H2;1H. The van der Waals surface area contributed by atoms with E-state index in [9.17, 15) is 0 Å². The van der Waals surface area contributed by atoms with Crippen molar-refractivity contribution >= 4 is 25.0 Å². The van der Waals surface area contributed by atoms with Crippen LogP contribution in [0.25, 0.3) is 0 Å². The molecule has 6 heavy (non-hydrogen) atoms. The minimum absolute atomic E-state index is 0. The third kappa shape index (κ3) is 8.82. The van der Waals surface area contributed by atoms with Crippen molar-refractivity contribution in [1.29, 1.82) is 0 Å². The predicted octanol–water partition coefficient (Wildman–Crippen LogP) is -0.385. The quantitative estimate of drug-likeness (QED) is 0.334. The zero-order valence-corrected chi connectivity index (χ0v) is 4.88. The third-order valence-electron chi connectivity index (χ3n) is 0.187. The number of aliphatic hydroxyl groups excluding tert-OH is 1. The minimum atomic E-state index is -0.366. The van der Waals surface area contributed by atoms with Gasteiger partial charge in [0.05, 0.1) is 12.0 Å². The average Bonchev–Trinajstić information content (AvgIpc) is 1.38. The van der Waals surface area contributed by atoms with E-state index in [0.29, 0.717) is 0 Å². The molecule has 0 aliphatic rings. The molecule has 2 nitrogen and oxygen atoms in total. The highest BCUT2D eigenvalue weighted by Gasteiger charge is 1.82. The fourth-order valence-corrected chi connectivity index (χ4v) is 0. The number of hydrogen-bond donors (Lipinski definition) is 3. The minimum Gasteiger partial charge on any atom is -0.394 e. The van der Waals surface area contributed by atoms with Gasteiger partial charge in [-0.3, -0.25) is 0 Å². The summed E-state index contributed by atoms with van der Waals surface area (Å²) < 4.78 is 0. The van der Waals surface area contributed by atoms with Crippen LogP contribution in [0.4, 0.5) is 0 Å². The van der Waals surface area contributed by atoms with Crippen molar-refractivity contribution in [2.75, 3.05) is 6.61 Å².